The lowest BCUT2D eigenvalue weighted by Crippen LogP contribution is -2.30. The van der Waals surface area contributed by atoms with Gasteiger partial charge in [0.05, 0.1) is 0 Å². The average Bonchev–Trinajstić information content (AvgIpc) is 2.27. The lowest BCUT2D eigenvalue weighted by molar-refractivity contribution is -0.134. The van der Waals surface area contributed by atoms with Gasteiger partial charge in [-0.1, -0.05) is 42.4 Å². The van der Waals surface area contributed by atoms with E-state index in [1.54, 1.807) is 21.6 Å². The number of carbonyl (C=O) groups excluding carboxylic acids is 2. The lowest BCUT2D eigenvalue weighted by atomic mass is 10.3. The number of cyclic esters (lactones) is 2. The van der Waals surface area contributed by atoms with Gasteiger partial charge in [0.25, 0.3) is 0 Å². The van der Waals surface area contributed by atoms with E-state index in [4.69, 9.17) is 0 Å². The zero-order valence-electron chi connectivity index (χ0n) is 8.33. The van der Waals surface area contributed by atoms with Crippen molar-refractivity contribution >= 4 is 33.7 Å². The van der Waals surface area contributed by atoms with E-state index in [-0.39, 0.29) is 4.75 Å². The van der Waals surface area contributed by atoms with E-state index in [9.17, 15) is 9.59 Å². The summed E-state index contributed by atoms with van der Waals surface area (Å²) in [6, 6.07) is -0.484. The smallest absolute Gasteiger partial charge is 0.375 e. The predicted octanol–water partition coefficient (Wildman–Crippen LogP) is 1.80. The van der Waals surface area contributed by atoms with Crippen LogP contribution in [-0.2, 0) is 9.53 Å². The summed E-state index contributed by atoms with van der Waals surface area (Å²) in [6.45, 7) is 6.28. The van der Waals surface area contributed by atoms with E-state index < -0.39 is 18.1 Å². The van der Waals surface area contributed by atoms with Crippen LogP contribution in [0.4, 0.5) is 4.79 Å². The Morgan fingerprint density at radius 3 is 2.50 bits per heavy atom. The van der Waals surface area contributed by atoms with Gasteiger partial charge in [-0.3, -0.25) is 0 Å². The number of esters is 1. The Morgan fingerprint density at radius 2 is 2.07 bits per heavy atom. The second-order valence-corrected chi connectivity index (χ2v) is 7.05. The minimum atomic E-state index is -0.638. The summed E-state index contributed by atoms with van der Waals surface area (Å²) < 4.78 is 4.49. The lowest BCUT2D eigenvalue weighted by Gasteiger charge is -2.16. The van der Waals surface area contributed by atoms with Crippen molar-refractivity contribution in [3.05, 3.63) is 0 Å². The highest BCUT2D eigenvalue weighted by Crippen LogP contribution is 2.35. The maximum absolute atomic E-state index is 11.0. The number of hydrogen-bond donors (Lipinski definition) is 1. The molecular formula is C8H13NO3S2. The van der Waals surface area contributed by atoms with E-state index in [1.807, 2.05) is 0 Å². The van der Waals surface area contributed by atoms with Crippen molar-refractivity contribution in [1.82, 2.24) is 5.32 Å². The highest BCUT2D eigenvalue weighted by atomic mass is 33.1. The molecule has 0 radical (unpaired) electrons. The number of amides is 1. The second-order valence-electron chi connectivity index (χ2n) is 3.89. The number of alkyl carbamates (subject to hydrolysis) is 1. The molecule has 1 atom stereocenters. The Labute approximate surface area is 90.9 Å². The van der Waals surface area contributed by atoms with Crippen molar-refractivity contribution in [3.63, 3.8) is 0 Å². The minimum absolute atomic E-state index is 0.150. The van der Waals surface area contributed by atoms with Gasteiger partial charge in [0.1, 0.15) is 6.04 Å². The van der Waals surface area contributed by atoms with Crippen LogP contribution in [0.5, 0.6) is 0 Å². The van der Waals surface area contributed by atoms with Crippen LogP contribution in [0.1, 0.15) is 20.8 Å². The monoisotopic (exact) mass is 235 g/mol. The third-order valence-electron chi connectivity index (χ3n) is 1.31. The molecule has 1 amide bonds. The molecule has 1 rings (SSSR count). The maximum atomic E-state index is 11.0. The first-order valence-corrected chi connectivity index (χ1v) is 6.53. The molecule has 1 saturated heterocycles. The minimum Gasteiger partial charge on any atom is -0.375 e. The summed E-state index contributed by atoms with van der Waals surface area (Å²) in [6.07, 6.45) is -0.638. The topological polar surface area (TPSA) is 55.4 Å². The van der Waals surface area contributed by atoms with Gasteiger partial charge in [0.2, 0.25) is 0 Å². The van der Waals surface area contributed by atoms with Gasteiger partial charge < -0.3 is 10.1 Å². The molecule has 4 nitrogen and oxygen atoms in total. The molecule has 1 aliphatic rings. The van der Waals surface area contributed by atoms with Crippen molar-refractivity contribution in [3.8, 4) is 0 Å². The van der Waals surface area contributed by atoms with Crippen LogP contribution in [-0.4, -0.2) is 28.6 Å². The molecule has 14 heavy (non-hydrogen) atoms. The molecule has 0 spiro atoms. The molecular weight excluding hydrogens is 222 g/mol. The third kappa shape index (κ3) is 3.79. The quantitative estimate of drug-likeness (QED) is 0.459. The van der Waals surface area contributed by atoms with Gasteiger partial charge in [-0.15, -0.1) is 0 Å². The van der Waals surface area contributed by atoms with Crippen molar-refractivity contribution in [2.75, 3.05) is 5.75 Å². The number of hydrogen-bond acceptors (Lipinski definition) is 5. The highest BCUT2D eigenvalue weighted by Gasteiger charge is 2.32. The Balaban J connectivity index is 2.26. The van der Waals surface area contributed by atoms with Crippen molar-refractivity contribution in [2.45, 2.75) is 31.6 Å². The molecule has 1 fully saturated rings. The Morgan fingerprint density at radius 1 is 1.43 bits per heavy atom. The molecule has 1 heterocycles. The largest absolute Gasteiger partial charge is 0.415 e. The molecule has 6 heteroatoms. The Kier molecular flexibility index (Phi) is 3.71. The zero-order chi connectivity index (χ0) is 10.8. The van der Waals surface area contributed by atoms with Gasteiger partial charge in [-0.2, -0.15) is 0 Å². The predicted molar refractivity (Wildman–Crippen MR) is 58.2 cm³/mol. The van der Waals surface area contributed by atoms with Gasteiger partial charge in [0.15, 0.2) is 0 Å². The van der Waals surface area contributed by atoms with E-state index in [0.29, 0.717) is 5.75 Å². The number of ether oxygens (including phenoxy) is 1. The molecule has 0 bridgehead atoms. The first-order valence-electron chi connectivity index (χ1n) is 4.21. The zero-order valence-corrected chi connectivity index (χ0v) is 9.96. The van der Waals surface area contributed by atoms with E-state index in [1.165, 1.54) is 0 Å². The second kappa shape index (κ2) is 4.44. The fourth-order valence-electron chi connectivity index (χ4n) is 0.782. The SMILES string of the molecule is CC(C)(C)SSCC1NC(=O)OC1=O. The van der Waals surface area contributed by atoms with Crippen LogP contribution in [0, 0.1) is 0 Å². The fraction of sp³-hybridized carbons (Fsp3) is 0.750. The molecule has 0 aliphatic carbocycles. The van der Waals surface area contributed by atoms with Crippen molar-refractivity contribution in [1.29, 1.82) is 0 Å². The molecule has 1 unspecified atom stereocenters. The van der Waals surface area contributed by atoms with Crippen LogP contribution >= 0.6 is 21.6 Å². The molecule has 80 valence electrons. The molecule has 1 N–H and O–H groups in total. The number of carbonyl (C=O) groups is 2. The summed E-state index contributed by atoms with van der Waals surface area (Å²) in [5, 5.41) is 2.45. The van der Waals surface area contributed by atoms with Crippen molar-refractivity contribution in [2.24, 2.45) is 0 Å². The maximum Gasteiger partial charge on any atom is 0.415 e. The molecule has 1 aliphatic heterocycles. The number of rotatable bonds is 3. The van der Waals surface area contributed by atoms with E-state index in [0.717, 1.165) is 0 Å². The van der Waals surface area contributed by atoms with E-state index >= 15 is 0 Å². The molecule has 0 aromatic heterocycles. The van der Waals surface area contributed by atoms with Crippen LogP contribution in [0.3, 0.4) is 0 Å². The first kappa shape index (κ1) is 11.7. The Hall–Kier alpha value is -0.360. The number of nitrogens with one attached hydrogen (secondary N) is 1. The average molecular weight is 235 g/mol. The van der Waals surface area contributed by atoms with Gasteiger partial charge >= 0.3 is 12.1 Å². The van der Waals surface area contributed by atoms with Crippen LogP contribution < -0.4 is 5.32 Å². The molecule has 0 saturated carbocycles. The van der Waals surface area contributed by atoms with E-state index in [2.05, 4.69) is 30.8 Å². The third-order valence-corrected chi connectivity index (χ3v) is 4.66. The van der Waals surface area contributed by atoms with Crippen LogP contribution in [0.2, 0.25) is 0 Å². The van der Waals surface area contributed by atoms with Crippen molar-refractivity contribution < 1.29 is 14.3 Å². The van der Waals surface area contributed by atoms with Gasteiger partial charge in [-0.05, 0) is 0 Å². The molecule has 0 aromatic carbocycles. The first-order chi connectivity index (χ1) is 6.38. The van der Waals surface area contributed by atoms with Gasteiger partial charge in [0, 0.05) is 10.5 Å². The van der Waals surface area contributed by atoms with Crippen LogP contribution in [0.15, 0.2) is 0 Å². The Bertz CT molecular complexity index is 249. The van der Waals surface area contributed by atoms with Gasteiger partial charge in [-0.25, -0.2) is 9.59 Å². The normalized spacial score (nSPS) is 22.1. The fourth-order valence-corrected chi connectivity index (χ4v) is 3.23. The summed E-state index contributed by atoms with van der Waals surface area (Å²) in [4.78, 5) is 21.7. The summed E-state index contributed by atoms with van der Waals surface area (Å²) in [7, 11) is 3.25. The summed E-state index contributed by atoms with van der Waals surface area (Å²) in [5.74, 6) is 0.0731. The highest BCUT2D eigenvalue weighted by molar-refractivity contribution is 8.77. The van der Waals surface area contributed by atoms with Crippen LogP contribution in [0.25, 0.3) is 0 Å². The summed E-state index contributed by atoms with van der Waals surface area (Å²) >= 11 is 0. The summed E-state index contributed by atoms with van der Waals surface area (Å²) in [5.41, 5.74) is 0. The standard InChI is InChI=1S/C8H13NO3S2/c1-8(2,3)14-13-4-5-6(10)12-7(11)9-5/h5H,4H2,1-3H3,(H,9,11). The molecule has 0 aromatic rings.